The summed E-state index contributed by atoms with van der Waals surface area (Å²) in [4.78, 5) is 27.5. The predicted molar refractivity (Wildman–Crippen MR) is 119 cm³/mol. The summed E-state index contributed by atoms with van der Waals surface area (Å²) in [6.45, 7) is 10.7. The highest BCUT2D eigenvalue weighted by atomic mass is 32.1. The second-order valence-corrected chi connectivity index (χ2v) is 9.23. The number of hydrogen-bond acceptors (Lipinski definition) is 5. The quantitative estimate of drug-likeness (QED) is 0.718. The minimum atomic E-state index is -0.433. The second-order valence-electron chi connectivity index (χ2n) is 8.35. The molecule has 2 aromatic rings. The van der Waals surface area contributed by atoms with Gasteiger partial charge in [0.25, 0.3) is 0 Å². The number of thiophene rings is 1. The van der Waals surface area contributed by atoms with Crippen molar-refractivity contribution in [3.8, 4) is 11.1 Å². The zero-order valence-electron chi connectivity index (χ0n) is 17.9. The summed E-state index contributed by atoms with van der Waals surface area (Å²) in [5, 5.41) is 5.44. The number of rotatable bonds is 5. The normalized spacial score (nSPS) is 19.8. The number of anilines is 1. The molecular weight excluding hydrogens is 384 g/mol. The van der Waals surface area contributed by atoms with Crippen LogP contribution in [0.5, 0.6) is 0 Å². The number of nitrogens with one attached hydrogen (secondary N) is 1. The zero-order valence-corrected chi connectivity index (χ0v) is 18.7. The van der Waals surface area contributed by atoms with Gasteiger partial charge in [-0.05, 0) is 43.2 Å². The highest BCUT2D eigenvalue weighted by molar-refractivity contribution is 7.15. The fourth-order valence-electron chi connectivity index (χ4n) is 4.27. The molecule has 1 aromatic carbocycles. The van der Waals surface area contributed by atoms with Gasteiger partial charge in [-0.15, -0.1) is 11.3 Å². The maximum atomic E-state index is 12.7. The summed E-state index contributed by atoms with van der Waals surface area (Å²) >= 11 is 1.37. The van der Waals surface area contributed by atoms with Gasteiger partial charge in [-0.1, -0.05) is 37.6 Å². The highest BCUT2D eigenvalue weighted by Gasteiger charge is 2.26. The van der Waals surface area contributed by atoms with Crippen molar-refractivity contribution in [2.24, 2.45) is 11.8 Å². The molecule has 1 aromatic heterocycles. The molecule has 2 unspecified atom stereocenters. The van der Waals surface area contributed by atoms with E-state index in [4.69, 9.17) is 4.74 Å². The molecule has 0 bridgehead atoms. The summed E-state index contributed by atoms with van der Waals surface area (Å²) < 4.78 is 5.03. The van der Waals surface area contributed by atoms with Crippen molar-refractivity contribution in [2.45, 2.75) is 34.1 Å². The molecule has 1 N–H and O–H groups in total. The van der Waals surface area contributed by atoms with E-state index in [9.17, 15) is 9.59 Å². The van der Waals surface area contributed by atoms with E-state index in [0.29, 0.717) is 28.9 Å². The summed E-state index contributed by atoms with van der Waals surface area (Å²) in [5.41, 5.74) is 4.42. The van der Waals surface area contributed by atoms with Crippen LogP contribution in [0.1, 0.15) is 41.8 Å². The molecule has 2 heterocycles. The van der Waals surface area contributed by atoms with Crippen molar-refractivity contribution < 1.29 is 14.3 Å². The van der Waals surface area contributed by atoms with Crippen molar-refractivity contribution in [1.82, 2.24) is 4.90 Å². The predicted octanol–water partition coefficient (Wildman–Crippen LogP) is 4.73. The number of esters is 1. The average Bonchev–Trinajstić information content (AvgIpc) is 3.05. The Morgan fingerprint density at radius 3 is 2.52 bits per heavy atom. The van der Waals surface area contributed by atoms with Crippen LogP contribution < -0.4 is 5.32 Å². The van der Waals surface area contributed by atoms with Crippen LogP contribution in [0.25, 0.3) is 11.1 Å². The lowest BCUT2D eigenvalue weighted by atomic mass is 9.92. The number of aryl methyl sites for hydroxylation is 2. The third-order valence-corrected chi connectivity index (χ3v) is 6.32. The maximum Gasteiger partial charge on any atom is 0.341 e. The van der Waals surface area contributed by atoms with E-state index in [1.54, 1.807) is 0 Å². The summed E-state index contributed by atoms with van der Waals surface area (Å²) in [6, 6.07) is 6.15. The van der Waals surface area contributed by atoms with Crippen molar-refractivity contribution in [3.63, 3.8) is 0 Å². The summed E-state index contributed by atoms with van der Waals surface area (Å²) in [7, 11) is 1.37. The van der Waals surface area contributed by atoms with Crippen molar-refractivity contribution in [1.29, 1.82) is 0 Å². The monoisotopic (exact) mass is 414 g/mol. The van der Waals surface area contributed by atoms with E-state index in [2.05, 4.69) is 30.1 Å². The minimum Gasteiger partial charge on any atom is -0.465 e. The number of nitrogens with zero attached hydrogens (tertiary/aromatic N) is 1. The molecule has 3 rings (SSSR count). The Kier molecular flexibility index (Phi) is 6.75. The van der Waals surface area contributed by atoms with Crippen LogP contribution in [0.4, 0.5) is 5.00 Å². The molecule has 156 valence electrons. The van der Waals surface area contributed by atoms with Crippen LogP contribution in [0.15, 0.2) is 23.6 Å². The molecule has 2 atom stereocenters. The van der Waals surface area contributed by atoms with Gasteiger partial charge in [0.05, 0.1) is 13.7 Å². The molecule has 1 aliphatic heterocycles. The van der Waals surface area contributed by atoms with Gasteiger partial charge in [-0.3, -0.25) is 9.69 Å². The number of amides is 1. The molecule has 1 saturated heterocycles. The first kappa shape index (κ1) is 21.5. The number of carbonyl (C=O) groups excluding carboxylic acids is 2. The smallest absolute Gasteiger partial charge is 0.341 e. The molecule has 0 saturated carbocycles. The fourth-order valence-corrected chi connectivity index (χ4v) is 5.23. The third-order valence-electron chi connectivity index (χ3n) is 5.43. The lowest BCUT2D eigenvalue weighted by Gasteiger charge is -2.34. The van der Waals surface area contributed by atoms with E-state index in [0.717, 1.165) is 35.3 Å². The van der Waals surface area contributed by atoms with Gasteiger partial charge in [0.1, 0.15) is 10.6 Å². The standard InChI is InChI=1S/C23H30N2O3S/c1-14-6-7-17(4)18(9-14)19-13-29-22(21(19)23(27)28-5)24-20(26)12-25-10-15(2)8-16(3)11-25/h6-7,9,13,15-16H,8,10-12H2,1-5H3,(H,24,26). The van der Waals surface area contributed by atoms with E-state index in [1.807, 2.05) is 31.4 Å². The number of hydrogen-bond donors (Lipinski definition) is 1. The Balaban J connectivity index is 1.84. The molecule has 0 aliphatic carbocycles. The minimum absolute atomic E-state index is 0.0918. The van der Waals surface area contributed by atoms with Crippen LogP contribution in [0.2, 0.25) is 0 Å². The molecule has 0 spiro atoms. The summed E-state index contributed by atoms with van der Waals surface area (Å²) in [5.74, 6) is 0.660. The van der Waals surface area contributed by atoms with Gasteiger partial charge in [0, 0.05) is 24.0 Å². The topological polar surface area (TPSA) is 58.6 Å². The van der Waals surface area contributed by atoms with Gasteiger partial charge in [-0.25, -0.2) is 4.79 Å². The number of likely N-dealkylation sites (tertiary alicyclic amines) is 1. The largest absolute Gasteiger partial charge is 0.465 e. The molecule has 5 nitrogen and oxygen atoms in total. The molecular formula is C23H30N2O3S. The first-order chi connectivity index (χ1) is 13.8. The number of carbonyl (C=O) groups is 2. The molecule has 0 radical (unpaired) electrons. The van der Waals surface area contributed by atoms with Crippen LogP contribution >= 0.6 is 11.3 Å². The van der Waals surface area contributed by atoms with Crippen molar-refractivity contribution >= 4 is 28.2 Å². The SMILES string of the molecule is COC(=O)c1c(-c2cc(C)ccc2C)csc1NC(=O)CN1CC(C)CC(C)C1. The molecule has 1 fully saturated rings. The van der Waals surface area contributed by atoms with Crippen molar-refractivity contribution in [2.75, 3.05) is 32.1 Å². The zero-order chi connectivity index (χ0) is 21.1. The average molecular weight is 415 g/mol. The van der Waals surface area contributed by atoms with Crippen LogP contribution in [-0.4, -0.2) is 43.5 Å². The molecule has 6 heteroatoms. The van der Waals surface area contributed by atoms with Gasteiger partial charge >= 0.3 is 5.97 Å². The van der Waals surface area contributed by atoms with Crippen LogP contribution in [0.3, 0.4) is 0 Å². The van der Waals surface area contributed by atoms with Crippen LogP contribution in [-0.2, 0) is 9.53 Å². The molecule has 1 amide bonds. The second kappa shape index (κ2) is 9.09. The first-order valence-electron chi connectivity index (χ1n) is 10.1. The fraction of sp³-hybridized carbons (Fsp3) is 0.478. The van der Waals surface area contributed by atoms with Gasteiger partial charge in [-0.2, -0.15) is 0 Å². The Hall–Kier alpha value is -2.18. The summed E-state index contributed by atoms with van der Waals surface area (Å²) in [6.07, 6.45) is 1.20. The Morgan fingerprint density at radius 1 is 1.17 bits per heavy atom. The van der Waals surface area contributed by atoms with Crippen molar-refractivity contribution in [3.05, 3.63) is 40.3 Å². The van der Waals surface area contributed by atoms with Gasteiger partial charge in [0.15, 0.2) is 0 Å². The lowest BCUT2D eigenvalue weighted by molar-refractivity contribution is -0.117. The third kappa shape index (κ3) is 5.06. The lowest BCUT2D eigenvalue weighted by Crippen LogP contribution is -2.42. The van der Waals surface area contributed by atoms with E-state index in [1.165, 1.54) is 24.9 Å². The highest BCUT2D eigenvalue weighted by Crippen LogP contribution is 2.38. The Morgan fingerprint density at radius 2 is 1.86 bits per heavy atom. The van der Waals surface area contributed by atoms with E-state index < -0.39 is 5.97 Å². The first-order valence-corrected chi connectivity index (χ1v) is 11.0. The number of benzene rings is 1. The number of ether oxygens (including phenoxy) is 1. The van der Waals surface area contributed by atoms with E-state index in [-0.39, 0.29) is 5.91 Å². The number of piperidine rings is 1. The molecule has 1 aliphatic rings. The number of methoxy groups -OCH3 is 1. The van der Waals surface area contributed by atoms with E-state index >= 15 is 0 Å². The Labute approximate surface area is 177 Å². The van der Waals surface area contributed by atoms with Gasteiger partial charge < -0.3 is 10.1 Å². The van der Waals surface area contributed by atoms with Crippen LogP contribution in [0, 0.1) is 25.7 Å². The maximum absolute atomic E-state index is 12.7. The van der Waals surface area contributed by atoms with Gasteiger partial charge in [0.2, 0.25) is 5.91 Å². The molecule has 29 heavy (non-hydrogen) atoms. The Bertz CT molecular complexity index is 896.